The number of carbonyl (C=O) groups excluding carboxylic acids is 3. The second kappa shape index (κ2) is 6.52. The van der Waals surface area contributed by atoms with Crippen LogP contribution >= 0.6 is 11.8 Å². The zero-order chi connectivity index (χ0) is 18.4. The Morgan fingerprint density at radius 2 is 2.12 bits per heavy atom. The number of amides is 1. The third kappa shape index (κ3) is 2.99. The van der Waals surface area contributed by atoms with Gasteiger partial charge >= 0.3 is 5.97 Å². The first-order valence-corrected chi connectivity index (χ1v) is 9.59. The lowest BCUT2D eigenvalue weighted by Crippen LogP contribution is -2.46. The van der Waals surface area contributed by atoms with Gasteiger partial charge in [-0.25, -0.2) is 4.79 Å². The largest absolute Gasteiger partial charge is 0.456 e. The zero-order valence-corrected chi connectivity index (χ0v) is 15.9. The number of hydrogen-bond acceptors (Lipinski definition) is 5. The van der Waals surface area contributed by atoms with E-state index in [4.69, 9.17) is 4.74 Å². The number of rotatable bonds is 5. The molecule has 2 aliphatic heterocycles. The van der Waals surface area contributed by atoms with Crippen molar-refractivity contribution < 1.29 is 19.1 Å². The van der Waals surface area contributed by atoms with Gasteiger partial charge in [0.25, 0.3) is 0 Å². The number of carbonyl (C=O) groups is 3. The molecule has 7 heteroatoms. The Balaban J connectivity index is 1.65. The molecule has 2 saturated heterocycles. The molecule has 6 nitrogen and oxygen atoms in total. The minimum atomic E-state index is -0.583. The Hall–Kier alpha value is -1.76. The molecule has 136 valence electrons. The number of ether oxygens (including phenoxy) is 1. The molecule has 2 atom stereocenters. The number of esters is 1. The lowest BCUT2D eigenvalue weighted by atomic mass is 10.1. The normalized spacial score (nSPS) is 25.4. The summed E-state index contributed by atoms with van der Waals surface area (Å²) in [6.45, 7) is 8.37. The molecule has 2 aliphatic rings. The Morgan fingerprint density at radius 1 is 1.40 bits per heavy atom. The number of aromatic nitrogens is 1. The molecule has 0 spiro atoms. The van der Waals surface area contributed by atoms with Crippen LogP contribution in [0.4, 0.5) is 0 Å². The SMILES string of the molecule is CCn1c(C)cc(C(=O)COC(=O)[C@@H]2CS[C@@]3(C)CCC(=O)N23)c1C. The fourth-order valence-corrected chi connectivity index (χ4v) is 5.29. The standard InChI is InChI=1S/C18H24N2O4S/c1-5-19-11(2)8-13(12(19)3)15(21)9-24-17(23)14-10-25-18(4)7-6-16(22)20(14)18/h8,14H,5-7,9-10H2,1-4H3/t14-,18-/m0/s1. The molecule has 2 fully saturated rings. The van der Waals surface area contributed by atoms with Crippen LogP contribution in [-0.2, 0) is 20.9 Å². The molecule has 25 heavy (non-hydrogen) atoms. The molecule has 3 rings (SSSR count). The summed E-state index contributed by atoms with van der Waals surface area (Å²) in [5.41, 5.74) is 2.50. The third-order valence-corrected chi connectivity index (χ3v) is 6.76. The minimum absolute atomic E-state index is 0.00716. The average Bonchev–Trinajstić information content (AvgIpc) is 3.16. The van der Waals surface area contributed by atoms with E-state index in [1.54, 1.807) is 16.7 Å². The van der Waals surface area contributed by atoms with Gasteiger partial charge < -0.3 is 14.2 Å². The smallest absolute Gasteiger partial charge is 0.330 e. The van der Waals surface area contributed by atoms with E-state index in [-0.39, 0.29) is 23.2 Å². The Morgan fingerprint density at radius 3 is 2.76 bits per heavy atom. The molecule has 0 N–H and O–H groups in total. The number of nitrogens with zero attached hydrogens (tertiary/aromatic N) is 2. The first kappa shape index (κ1) is 18.0. The van der Waals surface area contributed by atoms with Gasteiger partial charge in [0, 0.05) is 35.7 Å². The van der Waals surface area contributed by atoms with Gasteiger partial charge in [-0.2, -0.15) is 0 Å². The summed E-state index contributed by atoms with van der Waals surface area (Å²) < 4.78 is 7.33. The van der Waals surface area contributed by atoms with Gasteiger partial charge in [-0.1, -0.05) is 0 Å². The molecule has 3 heterocycles. The number of hydrogen-bond donors (Lipinski definition) is 0. The van der Waals surface area contributed by atoms with Gasteiger partial charge in [0.05, 0.1) is 4.87 Å². The van der Waals surface area contributed by atoms with Crippen molar-refractivity contribution in [3.8, 4) is 0 Å². The molecule has 0 aromatic carbocycles. The maximum absolute atomic E-state index is 12.4. The van der Waals surface area contributed by atoms with Gasteiger partial charge in [-0.15, -0.1) is 11.8 Å². The van der Waals surface area contributed by atoms with E-state index in [9.17, 15) is 14.4 Å². The van der Waals surface area contributed by atoms with Crippen molar-refractivity contribution in [2.75, 3.05) is 12.4 Å². The first-order valence-electron chi connectivity index (χ1n) is 8.61. The molecular weight excluding hydrogens is 340 g/mol. The van der Waals surface area contributed by atoms with E-state index < -0.39 is 12.0 Å². The molecular formula is C18H24N2O4S. The predicted octanol–water partition coefficient (Wildman–Crippen LogP) is 2.30. The molecule has 0 saturated carbocycles. The fraction of sp³-hybridized carbons (Fsp3) is 0.611. The lowest BCUT2D eigenvalue weighted by Gasteiger charge is -2.29. The van der Waals surface area contributed by atoms with Crippen LogP contribution in [0.5, 0.6) is 0 Å². The molecule has 1 aromatic rings. The van der Waals surface area contributed by atoms with E-state index in [0.717, 1.165) is 24.4 Å². The van der Waals surface area contributed by atoms with E-state index >= 15 is 0 Å². The van der Waals surface area contributed by atoms with Gasteiger partial charge in [0.2, 0.25) is 11.7 Å². The van der Waals surface area contributed by atoms with Crippen molar-refractivity contribution in [1.29, 1.82) is 0 Å². The maximum Gasteiger partial charge on any atom is 0.330 e. The highest BCUT2D eigenvalue weighted by molar-refractivity contribution is 8.01. The van der Waals surface area contributed by atoms with Gasteiger partial charge in [-0.05, 0) is 40.2 Å². The van der Waals surface area contributed by atoms with Crippen molar-refractivity contribution in [3.05, 3.63) is 23.0 Å². The molecule has 1 aromatic heterocycles. The first-order chi connectivity index (χ1) is 11.8. The highest BCUT2D eigenvalue weighted by Gasteiger charge is 2.53. The second-order valence-corrected chi connectivity index (χ2v) is 8.33. The molecule has 0 aliphatic carbocycles. The van der Waals surface area contributed by atoms with Crippen molar-refractivity contribution in [1.82, 2.24) is 9.47 Å². The molecule has 0 bridgehead atoms. The highest BCUT2D eigenvalue weighted by atomic mass is 32.2. The minimum Gasteiger partial charge on any atom is -0.456 e. The van der Waals surface area contributed by atoms with Crippen LogP contribution in [0.25, 0.3) is 0 Å². The second-order valence-electron chi connectivity index (χ2n) is 6.83. The number of thioether (sulfide) groups is 1. The van der Waals surface area contributed by atoms with Gasteiger partial charge in [0.1, 0.15) is 6.04 Å². The van der Waals surface area contributed by atoms with Crippen LogP contribution < -0.4 is 0 Å². The quantitative estimate of drug-likeness (QED) is 0.592. The summed E-state index contributed by atoms with van der Waals surface area (Å²) in [5.74, 6) is -0.168. The van der Waals surface area contributed by atoms with Crippen LogP contribution in [0.15, 0.2) is 6.07 Å². The Kier molecular flexibility index (Phi) is 4.70. The number of Topliss-reactive ketones (excluding diaryl/α,β-unsaturated/α-hetero) is 1. The molecule has 0 unspecified atom stereocenters. The zero-order valence-electron chi connectivity index (χ0n) is 15.1. The van der Waals surface area contributed by atoms with Crippen LogP contribution in [0.2, 0.25) is 0 Å². The maximum atomic E-state index is 12.4. The van der Waals surface area contributed by atoms with E-state index in [2.05, 4.69) is 4.57 Å². The van der Waals surface area contributed by atoms with Gasteiger partial charge in [0.15, 0.2) is 6.61 Å². The molecule has 1 amide bonds. The topological polar surface area (TPSA) is 68.6 Å². The monoisotopic (exact) mass is 364 g/mol. The van der Waals surface area contributed by atoms with Crippen molar-refractivity contribution >= 4 is 29.4 Å². The Labute approximate surface area is 151 Å². The van der Waals surface area contributed by atoms with E-state index in [0.29, 0.717) is 17.7 Å². The van der Waals surface area contributed by atoms with Crippen molar-refractivity contribution in [3.63, 3.8) is 0 Å². The van der Waals surface area contributed by atoms with Gasteiger partial charge in [-0.3, -0.25) is 9.59 Å². The van der Waals surface area contributed by atoms with E-state index in [1.165, 1.54) is 0 Å². The van der Waals surface area contributed by atoms with Crippen molar-refractivity contribution in [2.45, 2.75) is 58.0 Å². The van der Waals surface area contributed by atoms with Crippen LogP contribution in [0.1, 0.15) is 48.4 Å². The average molecular weight is 364 g/mol. The summed E-state index contributed by atoms with van der Waals surface area (Å²) in [6.07, 6.45) is 1.22. The highest BCUT2D eigenvalue weighted by Crippen LogP contribution is 2.47. The molecule has 0 radical (unpaired) electrons. The summed E-state index contributed by atoms with van der Waals surface area (Å²) in [5, 5.41) is 0. The number of aryl methyl sites for hydroxylation is 1. The van der Waals surface area contributed by atoms with E-state index in [1.807, 2.05) is 33.8 Å². The predicted molar refractivity (Wildman–Crippen MR) is 95.6 cm³/mol. The van der Waals surface area contributed by atoms with Crippen LogP contribution in [0, 0.1) is 13.8 Å². The van der Waals surface area contributed by atoms with Crippen LogP contribution in [-0.4, -0.2) is 50.4 Å². The van der Waals surface area contributed by atoms with Crippen LogP contribution in [0.3, 0.4) is 0 Å². The summed E-state index contributed by atoms with van der Waals surface area (Å²) in [4.78, 5) is 38.3. The fourth-order valence-electron chi connectivity index (χ4n) is 3.88. The Bertz CT molecular complexity index is 742. The number of fused-ring (bicyclic) bond motifs is 1. The third-order valence-electron chi connectivity index (χ3n) is 5.25. The summed E-state index contributed by atoms with van der Waals surface area (Å²) in [7, 11) is 0. The summed E-state index contributed by atoms with van der Waals surface area (Å²) in [6, 6.07) is 1.25. The number of ketones is 1. The lowest BCUT2D eigenvalue weighted by molar-refractivity contribution is -0.152. The van der Waals surface area contributed by atoms with Crippen molar-refractivity contribution in [2.24, 2.45) is 0 Å². The summed E-state index contributed by atoms with van der Waals surface area (Å²) >= 11 is 1.61.